The van der Waals surface area contributed by atoms with E-state index in [4.69, 9.17) is 0 Å². The largest absolute Gasteiger partial charge is 0.388 e. The SMILES string of the molecule is CCN(CC)c1nccc2c(NC)cccc12. The van der Waals surface area contributed by atoms with Crippen molar-refractivity contribution in [2.45, 2.75) is 13.8 Å². The average Bonchev–Trinajstić information content (AvgIpc) is 2.39. The van der Waals surface area contributed by atoms with Gasteiger partial charge in [-0.05, 0) is 26.0 Å². The molecule has 1 aromatic heterocycles. The third-order valence-corrected chi connectivity index (χ3v) is 3.12. The van der Waals surface area contributed by atoms with E-state index in [1.807, 2.05) is 13.2 Å². The van der Waals surface area contributed by atoms with Crippen LogP contribution < -0.4 is 10.2 Å². The molecule has 0 bridgehead atoms. The molecule has 0 fully saturated rings. The number of rotatable bonds is 4. The lowest BCUT2D eigenvalue weighted by atomic mass is 10.1. The molecule has 0 aliphatic carbocycles. The minimum absolute atomic E-state index is 0.979. The summed E-state index contributed by atoms with van der Waals surface area (Å²) in [6.07, 6.45) is 1.89. The summed E-state index contributed by atoms with van der Waals surface area (Å²) in [7, 11) is 1.95. The molecule has 0 atom stereocenters. The first-order valence-electron chi connectivity index (χ1n) is 6.12. The third kappa shape index (κ3) is 2.05. The van der Waals surface area contributed by atoms with Crippen molar-refractivity contribution in [3.63, 3.8) is 0 Å². The number of nitrogens with zero attached hydrogens (tertiary/aromatic N) is 2. The Hall–Kier alpha value is -1.77. The summed E-state index contributed by atoms with van der Waals surface area (Å²) in [4.78, 5) is 6.80. The van der Waals surface area contributed by atoms with E-state index < -0.39 is 0 Å². The predicted octanol–water partition coefficient (Wildman–Crippen LogP) is 3.12. The highest BCUT2D eigenvalue weighted by molar-refractivity contribution is 6.00. The Morgan fingerprint density at radius 3 is 2.53 bits per heavy atom. The Kier molecular flexibility index (Phi) is 3.47. The van der Waals surface area contributed by atoms with E-state index in [-0.39, 0.29) is 0 Å². The Morgan fingerprint density at radius 1 is 1.12 bits per heavy atom. The maximum Gasteiger partial charge on any atom is 0.136 e. The van der Waals surface area contributed by atoms with E-state index in [0.717, 1.165) is 24.6 Å². The number of pyridine rings is 1. The number of anilines is 2. The van der Waals surface area contributed by atoms with Crippen molar-refractivity contribution in [1.82, 2.24) is 4.98 Å². The fourth-order valence-corrected chi connectivity index (χ4v) is 2.18. The number of fused-ring (bicyclic) bond motifs is 1. The zero-order chi connectivity index (χ0) is 12.3. The normalized spacial score (nSPS) is 10.5. The zero-order valence-corrected chi connectivity index (χ0v) is 10.7. The lowest BCUT2D eigenvalue weighted by molar-refractivity contribution is 0.852. The summed E-state index contributed by atoms with van der Waals surface area (Å²) in [6, 6.07) is 8.36. The summed E-state index contributed by atoms with van der Waals surface area (Å²) in [5, 5.41) is 5.67. The highest BCUT2D eigenvalue weighted by Crippen LogP contribution is 2.29. The zero-order valence-electron chi connectivity index (χ0n) is 10.7. The maximum atomic E-state index is 4.52. The standard InChI is InChI=1S/C14H19N3/c1-4-17(5-2)14-12-7-6-8-13(15-3)11(12)9-10-16-14/h6-10,15H,4-5H2,1-3H3. The number of benzene rings is 1. The molecular formula is C14H19N3. The van der Waals surface area contributed by atoms with Gasteiger partial charge >= 0.3 is 0 Å². The molecule has 1 heterocycles. The van der Waals surface area contributed by atoms with Gasteiger partial charge in [-0.15, -0.1) is 0 Å². The Labute approximate surface area is 102 Å². The molecule has 0 saturated heterocycles. The van der Waals surface area contributed by atoms with Crippen molar-refractivity contribution >= 4 is 22.3 Å². The van der Waals surface area contributed by atoms with Crippen LogP contribution in [0.4, 0.5) is 11.5 Å². The number of hydrogen-bond acceptors (Lipinski definition) is 3. The molecular weight excluding hydrogens is 210 g/mol. The van der Waals surface area contributed by atoms with Gasteiger partial charge in [0.1, 0.15) is 5.82 Å². The highest BCUT2D eigenvalue weighted by Gasteiger charge is 2.09. The van der Waals surface area contributed by atoms with Crippen molar-refractivity contribution < 1.29 is 0 Å². The molecule has 1 aromatic carbocycles. The molecule has 2 rings (SSSR count). The lowest BCUT2D eigenvalue weighted by Gasteiger charge is -2.21. The Bertz CT molecular complexity index is 504. The van der Waals surface area contributed by atoms with E-state index in [9.17, 15) is 0 Å². The fraction of sp³-hybridized carbons (Fsp3) is 0.357. The van der Waals surface area contributed by atoms with Gasteiger partial charge in [0.05, 0.1) is 0 Å². The number of nitrogens with one attached hydrogen (secondary N) is 1. The summed E-state index contributed by atoms with van der Waals surface area (Å²) in [6.45, 7) is 6.27. The summed E-state index contributed by atoms with van der Waals surface area (Å²) in [5.41, 5.74) is 1.15. The maximum absolute atomic E-state index is 4.52. The fourth-order valence-electron chi connectivity index (χ4n) is 2.18. The molecule has 1 N–H and O–H groups in total. The average molecular weight is 229 g/mol. The predicted molar refractivity (Wildman–Crippen MR) is 74.9 cm³/mol. The monoisotopic (exact) mass is 229 g/mol. The van der Waals surface area contributed by atoms with Crippen LogP contribution >= 0.6 is 0 Å². The molecule has 0 spiro atoms. The van der Waals surface area contributed by atoms with Gasteiger partial charge in [0.25, 0.3) is 0 Å². The summed E-state index contributed by atoms with van der Waals surface area (Å²) < 4.78 is 0. The van der Waals surface area contributed by atoms with Gasteiger partial charge in [-0.2, -0.15) is 0 Å². The van der Waals surface area contributed by atoms with E-state index in [0.29, 0.717) is 0 Å². The lowest BCUT2D eigenvalue weighted by Crippen LogP contribution is -2.23. The summed E-state index contributed by atoms with van der Waals surface area (Å²) >= 11 is 0. The molecule has 0 saturated carbocycles. The number of aromatic nitrogens is 1. The van der Waals surface area contributed by atoms with Crippen LogP contribution in [-0.2, 0) is 0 Å². The molecule has 3 heteroatoms. The third-order valence-electron chi connectivity index (χ3n) is 3.12. The molecule has 0 unspecified atom stereocenters. The topological polar surface area (TPSA) is 28.2 Å². The van der Waals surface area contributed by atoms with Gasteiger partial charge in [-0.25, -0.2) is 4.98 Å². The first kappa shape index (κ1) is 11.7. The van der Waals surface area contributed by atoms with E-state index in [1.165, 1.54) is 10.8 Å². The van der Waals surface area contributed by atoms with Crippen molar-refractivity contribution in [1.29, 1.82) is 0 Å². The van der Waals surface area contributed by atoms with Gasteiger partial charge in [0.15, 0.2) is 0 Å². The minimum atomic E-state index is 0.979. The van der Waals surface area contributed by atoms with Crippen molar-refractivity contribution in [3.8, 4) is 0 Å². The van der Waals surface area contributed by atoms with Gasteiger partial charge in [-0.3, -0.25) is 0 Å². The Morgan fingerprint density at radius 2 is 1.88 bits per heavy atom. The van der Waals surface area contributed by atoms with Crippen LogP contribution in [0.15, 0.2) is 30.5 Å². The molecule has 2 aromatic rings. The molecule has 17 heavy (non-hydrogen) atoms. The second-order valence-corrected chi connectivity index (χ2v) is 3.96. The van der Waals surface area contributed by atoms with Crippen molar-refractivity contribution in [3.05, 3.63) is 30.5 Å². The van der Waals surface area contributed by atoms with Crippen LogP contribution in [0.3, 0.4) is 0 Å². The van der Waals surface area contributed by atoms with Gasteiger partial charge < -0.3 is 10.2 Å². The number of hydrogen-bond donors (Lipinski definition) is 1. The first-order chi connectivity index (χ1) is 8.31. The second kappa shape index (κ2) is 5.04. The van der Waals surface area contributed by atoms with Crippen LogP contribution in [0, 0.1) is 0 Å². The van der Waals surface area contributed by atoms with E-state index >= 15 is 0 Å². The molecule has 0 radical (unpaired) electrons. The smallest absolute Gasteiger partial charge is 0.136 e. The van der Waals surface area contributed by atoms with Crippen LogP contribution in [0.25, 0.3) is 10.8 Å². The van der Waals surface area contributed by atoms with E-state index in [1.54, 1.807) is 0 Å². The van der Waals surface area contributed by atoms with Gasteiger partial charge in [0.2, 0.25) is 0 Å². The molecule has 0 aliphatic rings. The highest BCUT2D eigenvalue weighted by atomic mass is 15.2. The van der Waals surface area contributed by atoms with Crippen molar-refractivity contribution in [2.24, 2.45) is 0 Å². The van der Waals surface area contributed by atoms with Gasteiger partial charge in [0, 0.05) is 42.8 Å². The first-order valence-corrected chi connectivity index (χ1v) is 6.12. The quantitative estimate of drug-likeness (QED) is 0.873. The molecule has 0 aliphatic heterocycles. The van der Waals surface area contributed by atoms with Crippen LogP contribution in [0.5, 0.6) is 0 Å². The van der Waals surface area contributed by atoms with Crippen LogP contribution in [-0.4, -0.2) is 25.1 Å². The molecule has 3 nitrogen and oxygen atoms in total. The Balaban J connectivity index is 2.65. The van der Waals surface area contributed by atoms with Crippen molar-refractivity contribution in [2.75, 3.05) is 30.4 Å². The molecule has 90 valence electrons. The van der Waals surface area contributed by atoms with Crippen LogP contribution in [0.1, 0.15) is 13.8 Å². The van der Waals surface area contributed by atoms with Gasteiger partial charge in [-0.1, -0.05) is 12.1 Å². The summed E-state index contributed by atoms with van der Waals surface area (Å²) in [5.74, 6) is 1.07. The van der Waals surface area contributed by atoms with Crippen LogP contribution in [0.2, 0.25) is 0 Å². The second-order valence-electron chi connectivity index (χ2n) is 3.96. The molecule has 0 amide bonds. The van der Waals surface area contributed by atoms with E-state index in [2.05, 4.69) is 53.3 Å². The minimum Gasteiger partial charge on any atom is -0.388 e.